The standard InChI is InChI=1S/C68H63N3O9/c72-63-23-24-64(73)69(63)44-8-16-48(17-9-44)78-47-14-5-38(6-15-47)53-31-42-35-57(53)59-34-41(30-56(42)59)52-22-7-39(37-62(52)80-50-20-12-46(13-21-50)71-67(76)27-28-68(71)77)54-32-43-36-58(54)60-33-40(29-55(43)60)51-3-1-2-4-61(51)79-49-18-10-45(11-19-49)70-65(74)25-26-66(70)75/h1-6,8-21,23-28,39-43,52-60,62H,7,22,29-37H2. The number of imide groups is 3. The number of ether oxygens (including phenoxy) is 3. The van der Waals surface area contributed by atoms with Gasteiger partial charge in [0.2, 0.25) is 0 Å². The van der Waals surface area contributed by atoms with E-state index in [2.05, 4.69) is 42.5 Å². The van der Waals surface area contributed by atoms with E-state index < -0.39 is 0 Å². The van der Waals surface area contributed by atoms with Crippen LogP contribution in [0, 0.1) is 71.0 Å². The van der Waals surface area contributed by atoms with E-state index >= 15 is 0 Å². The zero-order valence-electron chi connectivity index (χ0n) is 44.5. The monoisotopic (exact) mass is 1070 g/mol. The number of hydrogen-bond donors (Lipinski definition) is 0. The first-order valence-electron chi connectivity index (χ1n) is 29.2. The van der Waals surface area contributed by atoms with Crippen LogP contribution >= 0.6 is 0 Å². The van der Waals surface area contributed by atoms with Gasteiger partial charge in [-0.3, -0.25) is 28.8 Å². The molecule has 0 saturated heterocycles. The molecule has 5 aromatic rings. The van der Waals surface area contributed by atoms with E-state index in [1.165, 1.54) is 122 Å². The number of carbonyl (C=O) groups is 6. The van der Waals surface area contributed by atoms with Gasteiger partial charge in [-0.15, -0.1) is 0 Å². The average Bonchev–Trinajstić information content (AvgIpc) is 4.43. The Kier molecular flexibility index (Phi) is 12.0. The van der Waals surface area contributed by atoms with E-state index in [1.54, 1.807) is 36.4 Å². The number of fused-ring (bicyclic) bond motifs is 10. The van der Waals surface area contributed by atoms with Gasteiger partial charge in [0.15, 0.2) is 0 Å². The van der Waals surface area contributed by atoms with E-state index in [1.807, 2.05) is 42.5 Å². The van der Waals surface area contributed by atoms with E-state index in [0.717, 1.165) is 64.1 Å². The Balaban J connectivity index is 0.621. The van der Waals surface area contributed by atoms with Gasteiger partial charge < -0.3 is 14.2 Å². The second kappa shape index (κ2) is 19.5. The third kappa shape index (κ3) is 8.45. The Morgan fingerprint density at radius 2 is 0.750 bits per heavy atom. The van der Waals surface area contributed by atoms with E-state index in [4.69, 9.17) is 14.2 Å². The summed E-state index contributed by atoms with van der Waals surface area (Å²) in [5, 5.41) is 0. The van der Waals surface area contributed by atoms with E-state index in [0.29, 0.717) is 75.9 Å². The summed E-state index contributed by atoms with van der Waals surface area (Å²) in [6.07, 6.45) is 21.6. The van der Waals surface area contributed by atoms with Crippen molar-refractivity contribution in [1.82, 2.24) is 0 Å². The SMILES string of the molecule is O=C1C=CC(=O)N1c1ccc(Oc2ccc(C3CC4CC3C3CC(C5CCC(C6CC7CC6C6CC(c8ccccc8Oc8ccc(N9C(=O)C=CC9=O)cc8)CC76)CC5Oc5ccc(N6C(=O)C=CC6=O)cc5)CC43)cc2)cc1. The van der Waals surface area contributed by atoms with Crippen LogP contribution in [0.3, 0.4) is 0 Å². The summed E-state index contributed by atoms with van der Waals surface area (Å²) in [4.78, 5) is 77.7. The highest BCUT2D eigenvalue weighted by molar-refractivity contribution is 6.29. The zero-order chi connectivity index (χ0) is 53.9. The van der Waals surface area contributed by atoms with Crippen LogP contribution in [0.15, 0.2) is 158 Å². The number of amides is 6. The van der Waals surface area contributed by atoms with Crippen LogP contribution in [0.2, 0.25) is 0 Å². The molecular weight excluding hydrogens is 1000 g/mol. The average molecular weight is 1070 g/mol. The first-order chi connectivity index (χ1) is 39.0. The molecule has 0 N–H and O–H groups in total. The second-order valence-corrected chi connectivity index (χ2v) is 24.8. The minimum Gasteiger partial charge on any atom is -0.490 e. The number of nitrogens with zero attached hydrogens (tertiary/aromatic N) is 3. The highest BCUT2D eigenvalue weighted by atomic mass is 16.5. The van der Waals surface area contributed by atoms with Gasteiger partial charge in [-0.2, -0.15) is 0 Å². The molecule has 3 aliphatic heterocycles. The molecule has 0 aromatic heterocycles. The van der Waals surface area contributed by atoms with Crippen LogP contribution in [-0.2, 0) is 28.8 Å². The molecule has 15 unspecified atom stereocenters. The molecule has 6 amide bonds. The van der Waals surface area contributed by atoms with Gasteiger partial charge in [0.05, 0.1) is 17.1 Å². The van der Waals surface area contributed by atoms with Gasteiger partial charge in [0, 0.05) is 36.5 Å². The van der Waals surface area contributed by atoms with Crippen molar-refractivity contribution in [3.05, 3.63) is 169 Å². The lowest BCUT2D eigenvalue weighted by atomic mass is 9.63. The van der Waals surface area contributed by atoms with Gasteiger partial charge in [-0.05, 0) is 256 Å². The number of benzene rings is 5. The number of rotatable bonds is 13. The fourth-order valence-corrected chi connectivity index (χ4v) is 18.1. The normalized spacial score (nSPS) is 33.5. The van der Waals surface area contributed by atoms with Crippen LogP contribution < -0.4 is 28.9 Å². The number of anilines is 3. The maximum atomic E-state index is 12.6. The summed E-state index contributed by atoms with van der Waals surface area (Å²) >= 11 is 0. The van der Waals surface area contributed by atoms with Crippen LogP contribution in [-0.4, -0.2) is 41.5 Å². The van der Waals surface area contributed by atoms with Crippen molar-refractivity contribution in [2.75, 3.05) is 14.7 Å². The molecule has 0 spiro atoms. The highest BCUT2D eigenvalue weighted by Gasteiger charge is 2.60. The highest BCUT2D eigenvalue weighted by Crippen LogP contribution is 2.69. The van der Waals surface area contributed by atoms with E-state index in [-0.39, 0.29) is 41.5 Å². The third-order valence-corrected chi connectivity index (χ3v) is 21.2. The number of para-hydroxylation sites is 1. The molecule has 80 heavy (non-hydrogen) atoms. The Morgan fingerprint density at radius 3 is 1.32 bits per heavy atom. The van der Waals surface area contributed by atoms with Gasteiger partial charge in [0.1, 0.15) is 34.9 Å². The van der Waals surface area contributed by atoms with Crippen LogP contribution in [0.4, 0.5) is 17.1 Å². The summed E-state index contributed by atoms with van der Waals surface area (Å²) in [6.45, 7) is 0. The molecule has 3 heterocycles. The molecule has 7 aliphatic carbocycles. The van der Waals surface area contributed by atoms with Crippen molar-refractivity contribution in [3.8, 4) is 28.7 Å². The van der Waals surface area contributed by atoms with Gasteiger partial charge >= 0.3 is 0 Å². The molecule has 7 saturated carbocycles. The van der Waals surface area contributed by atoms with E-state index in [9.17, 15) is 28.8 Å². The lowest BCUT2D eigenvalue weighted by molar-refractivity contribution is -0.121. The molecule has 5 aromatic carbocycles. The summed E-state index contributed by atoms with van der Waals surface area (Å²) in [6, 6.07) is 39.1. The van der Waals surface area contributed by atoms with Crippen molar-refractivity contribution >= 4 is 52.5 Å². The molecule has 12 heteroatoms. The largest absolute Gasteiger partial charge is 0.490 e. The summed E-state index contributed by atoms with van der Waals surface area (Å²) in [5.74, 6) is 10.9. The molecule has 0 radical (unpaired) electrons. The fourth-order valence-electron chi connectivity index (χ4n) is 18.1. The number of hydrogen-bond acceptors (Lipinski definition) is 9. The first-order valence-corrected chi connectivity index (χ1v) is 29.2. The van der Waals surface area contributed by atoms with Crippen molar-refractivity contribution in [2.24, 2.45) is 71.0 Å². The summed E-state index contributed by atoms with van der Waals surface area (Å²) in [5.41, 5.74) is 4.28. The molecule has 7 fully saturated rings. The van der Waals surface area contributed by atoms with Gasteiger partial charge in [0.25, 0.3) is 35.4 Å². The molecule has 10 aliphatic rings. The molecule has 404 valence electrons. The molecule has 15 atom stereocenters. The minimum absolute atomic E-state index is 0.0943. The predicted molar refractivity (Wildman–Crippen MR) is 300 cm³/mol. The molecule has 12 nitrogen and oxygen atoms in total. The van der Waals surface area contributed by atoms with Crippen molar-refractivity contribution in [2.45, 2.75) is 88.6 Å². The van der Waals surface area contributed by atoms with Crippen molar-refractivity contribution in [1.29, 1.82) is 0 Å². The van der Waals surface area contributed by atoms with Gasteiger partial charge in [-0.25, -0.2) is 14.7 Å². The predicted octanol–water partition coefficient (Wildman–Crippen LogP) is 12.7. The zero-order valence-corrected chi connectivity index (χ0v) is 44.5. The quantitative estimate of drug-likeness (QED) is 0.105. The Hall–Kier alpha value is -7.86. The van der Waals surface area contributed by atoms with Gasteiger partial charge in [-0.1, -0.05) is 30.3 Å². The first kappa shape index (κ1) is 49.2. The fraction of sp³-hybridized carbons (Fsp3) is 0.382. The maximum Gasteiger partial charge on any atom is 0.258 e. The maximum absolute atomic E-state index is 12.6. The Morgan fingerprint density at radius 1 is 0.338 bits per heavy atom. The Bertz CT molecular complexity index is 3390. The lowest BCUT2D eigenvalue weighted by Crippen LogP contribution is -2.41. The smallest absolute Gasteiger partial charge is 0.258 e. The lowest BCUT2D eigenvalue weighted by Gasteiger charge is -2.44. The van der Waals surface area contributed by atoms with Crippen LogP contribution in [0.1, 0.15) is 93.6 Å². The van der Waals surface area contributed by atoms with Crippen molar-refractivity contribution < 1.29 is 43.0 Å². The van der Waals surface area contributed by atoms with Crippen LogP contribution in [0.25, 0.3) is 0 Å². The topological polar surface area (TPSA) is 140 Å². The molecule has 15 rings (SSSR count). The van der Waals surface area contributed by atoms with Crippen molar-refractivity contribution in [3.63, 3.8) is 0 Å². The summed E-state index contributed by atoms with van der Waals surface area (Å²) < 4.78 is 20.1. The summed E-state index contributed by atoms with van der Waals surface area (Å²) in [7, 11) is 0. The molecule has 4 bridgehead atoms. The number of carbonyl (C=O) groups excluding carboxylic acids is 6. The second-order valence-electron chi connectivity index (χ2n) is 24.8. The third-order valence-electron chi connectivity index (χ3n) is 21.2. The minimum atomic E-state index is -0.342. The Labute approximate surface area is 465 Å². The van der Waals surface area contributed by atoms with Crippen LogP contribution in [0.5, 0.6) is 28.7 Å². The molecular formula is C68H63N3O9.